The van der Waals surface area contributed by atoms with Gasteiger partial charge in [-0.15, -0.1) is 11.3 Å². The average Bonchev–Trinajstić information content (AvgIpc) is 3.39. The van der Waals surface area contributed by atoms with Crippen molar-refractivity contribution in [2.45, 2.75) is 24.2 Å². The van der Waals surface area contributed by atoms with E-state index in [9.17, 15) is 13.2 Å². The van der Waals surface area contributed by atoms with Crippen molar-refractivity contribution in [2.24, 2.45) is 5.92 Å². The molecule has 1 amide bonds. The zero-order chi connectivity index (χ0) is 22.3. The highest BCUT2D eigenvalue weighted by Gasteiger charge is 2.44. The van der Waals surface area contributed by atoms with E-state index in [0.29, 0.717) is 16.4 Å². The number of thiazole rings is 1. The molecule has 2 atom stereocenters. The lowest BCUT2D eigenvalue weighted by Gasteiger charge is -2.12. The lowest BCUT2D eigenvalue weighted by Crippen LogP contribution is -2.14. The van der Waals surface area contributed by atoms with Gasteiger partial charge in [0.05, 0.1) is 10.6 Å². The summed E-state index contributed by atoms with van der Waals surface area (Å²) in [6.07, 6.45) is 1.92. The van der Waals surface area contributed by atoms with Gasteiger partial charge in [0.1, 0.15) is 0 Å². The Bertz CT molecular complexity index is 1250. The van der Waals surface area contributed by atoms with Crippen molar-refractivity contribution < 1.29 is 14.6 Å². The fourth-order valence-electron chi connectivity index (χ4n) is 3.71. The maximum Gasteiger partial charge on any atom is 0.229 e. The van der Waals surface area contributed by atoms with Crippen molar-refractivity contribution in [1.29, 1.82) is 0 Å². The summed E-state index contributed by atoms with van der Waals surface area (Å²) in [7, 11) is 0.690. The predicted molar refractivity (Wildman–Crippen MR) is 128 cm³/mol. The molecule has 1 aliphatic rings. The molecule has 0 radical (unpaired) electrons. The van der Waals surface area contributed by atoms with E-state index < -0.39 is 9.84 Å². The molecule has 1 heterocycles. The first-order chi connectivity index (χ1) is 14.6. The van der Waals surface area contributed by atoms with Crippen LogP contribution in [-0.4, -0.2) is 39.7 Å². The molecule has 0 bridgehead atoms. The molecule has 1 aromatic heterocycles. The van der Waals surface area contributed by atoms with Gasteiger partial charge in [-0.05, 0) is 48.6 Å². The SMILES string of the molecule is Cc1ccc([C@@H]2C[C@@H]2C(=O)Nc2nc(-c3cccc(N(C)C)c3)cs2)cc1S(C)(=O)=O.[HH]. The number of carbonyl (C=O) groups is 1. The average molecular weight is 458 g/mol. The lowest BCUT2D eigenvalue weighted by molar-refractivity contribution is -0.117. The molecule has 1 N–H and O–H groups in total. The van der Waals surface area contributed by atoms with Gasteiger partial charge in [0.2, 0.25) is 5.91 Å². The van der Waals surface area contributed by atoms with E-state index in [-0.39, 0.29) is 19.2 Å². The highest BCUT2D eigenvalue weighted by atomic mass is 32.2. The first-order valence-electron chi connectivity index (χ1n) is 9.98. The molecule has 0 saturated heterocycles. The molecule has 31 heavy (non-hydrogen) atoms. The van der Waals surface area contributed by atoms with E-state index in [1.807, 2.05) is 54.7 Å². The molecule has 0 aliphatic heterocycles. The molecule has 1 fully saturated rings. The summed E-state index contributed by atoms with van der Waals surface area (Å²) < 4.78 is 24.0. The molecule has 1 saturated carbocycles. The second-order valence-electron chi connectivity index (χ2n) is 8.22. The summed E-state index contributed by atoms with van der Waals surface area (Å²) in [5.41, 5.74) is 4.53. The third kappa shape index (κ3) is 4.65. The highest BCUT2D eigenvalue weighted by Crippen LogP contribution is 2.48. The standard InChI is InChI=1S/C23H25N3O3S2.H2/c1-14-8-9-15(11-21(14)31(4,28)29)18-12-19(18)22(27)25-23-24-20(13-30-23)16-6-5-7-17(10-16)26(2)3;/h5-11,13,18-19H,12H2,1-4H3,(H,24,25,27);1H/t18-,19-;/m0./s1. The van der Waals surface area contributed by atoms with Gasteiger partial charge >= 0.3 is 0 Å². The number of nitrogens with zero attached hydrogens (tertiary/aromatic N) is 2. The molecule has 4 rings (SSSR count). The second-order valence-corrected chi connectivity index (χ2v) is 11.1. The number of anilines is 2. The topological polar surface area (TPSA) is 79.4 Å². The van der Waals surface area contributed by atoms with Crippen molar-refractivity contribution in [2.75, 3.05) is 30.6 Å². The van der Waals surface area contributed by atoms with Crippen LogP contribution in [0.15, 0.2) is 52.7 Å². The molecule has 0 spiro atoms. The van der Waals surface area contributed by atoms with Crippen molar-refractivity contribution in [3.63, 3.8) is 0 Å². The minimum atomic E-state index is -3.29. The predicted octanol–water partition coefficient (Wildman–Crippen LogP) is 4.58. The molecule has 2 aromatic carbocycles. The van der Waals surface area contributed by atoms with Crippen LogP contribution in [0, 0.1) is 12.8 Å². The number of rotatable bonds is 6. The largest absolute Gasteiger partial charge is 0.378 e. The van der Waals surface area contributed by atoms with Crippen molar-refractivity contribution in [1.82, 2.24) is 4.98 Å². The van der Waals surface area contributed by atoms with Crippen molar-refractivity contribution >= 4 is 37.9 Å². The number of hydrogen-bond donors (Lipinski definition) is 1. The number of carbonyl (C=O) groups excluding carboxylic acids is 1. The number of amides is 1. The monoisotopic (exact) mass is 457 g/mol. The van der Waals surface area contributed by atoms with E-state index >= 15 is 0 Å². The molecular formula is C23H27N3O3S2. The zero-order valence-electron chi connectivity index (χ0n) is 17.9. The number of hydrogen-bond acceptors (Lipinski definition) is 6. The lowest BCUT2D eigenvalue weighted by atomic mass is 10.1. The second kappa shape index (κ2) is 8.09. The van der Waals surface area contributed by atoms with Crippen LogP contribution in [0.1, 0.15) is 24.9 Å². The Morgan fingerprint density at radius 2 is 2.00 bits per heavy atom. The fraction of sp³-hybridized carbons (Fsp3) is 0.304. The summed E-state index contributed by atoms with van der Waals surface area (Å²) in [5.74, 6) is -0.203. The van der Waals surface area contributed by atoms with Gasteiger partial charge in [0.15, 0.2) is 15.0 Å². The van der Waals surface area contributed by atoms with E-state index in [4.69, 9.17) is 0 Å². The maximum atomic E-state index is 12.7. The summed E-state index contributed by atoms with van der Waals surface area (Å²) >= 11 is 1.40. The van der Waals surface area contributed by atoms with Gasteiger partial charge in [-0.25, -0.2) is 13.4 Å². The molecular weight excluding hydrogens is 430 g/mol. The Balaban J connectivity index is 0.00000289. The zero-order valence-corrected chi connectivity index (χ0v) is 19.5. The molecule has 1 aliphatic carbocycles. The van der Waals surface area contributed by atoms with Gasteiger partial charge in [0, 0.05) is 44.3 Å². The van der Waals surface area contributed by atoms with Crippen molar-refractivity contribution in [3.05, 3.63) is 59.0 Å². The molecule has 0 unspecified atom stereocenters. The third-order valence-corrected chi connectivity index (χ3v) is 7.56. The van der Waals surface area contributed by atoms with E-state index in [2.05, 4.69) is 16.4 Å². The summed E-state index contributed by atoms with van der Waals surface area (Å²) in [5, 5.41) is 5.44. The quantitative estimate of drug-likeness (QED) is 0.586. The smallest absolute Gasteiger partial charge is 0.229 e. The molecule has 8 heteroatoms. The summed E-state index contributed by atoms with van der Waals surface area (Å²) in [6.45, 7) is 1.78. The van der Waals surface area contributed by atoms with E-state index in [1.54, 1.807) is 13.0 Å². The van der Waals surface area contributed by atoms with Gasteiger partial charge < -0.3 is 10.2 Å². The fourth-order valence-corrected chi connectivity index (χ4v) is 5.43. The van der Waals surface area contributed by atoms with Gasteiger partial charge in [0.25, 0.3) is 0 Å². The van der Waals surface area contributed by atoms with Crippen molar-refractivity contribution in [3.8, 4) is 11.3 Å². The van der Waals surface area contributed by atoms with Crippen LogP contribution in [0.25, 0.3) is 11.3 Å². The molecule has 164 valence electrons. The normalized spacial score (nSPS) is 17.9. The first-order valence-corrected chi connectivity index (χ1v) is 12.8. The van der Waals surface area contributed by atoms with E-state index in [0.717, 1.165) is 28.1 Å². The minimum absolute atomic E-state index is 0. The Labute approximate surface area is 188 Å². The molecule has 6 nitrogen and oxygen atoms in total. The van der Waals surface area contributed by atoms with Gasteiger partial charge in [-0.2, -0.15) is 0 Å². The Kier molecular flexibility index (Phi) is 5.61. The highest BCUT2D eigenvalue weighted by molar-refractivity contribution is 7.90. The number of benzene rings is 2. The number of aromatic nitrogens is 1. The number of aryl methyl sites for hydroxylation is 1. The minimum Gasteiger partial charge on any atom is -0.378 e. The van der Waals surface area contributed by atoms with Crippen LogP contribution in [0.5, 0.6) is 0 Å². The number of sulfone groups is 1. The Morgan fingerprint density at radius 3 is 2.71 bits per heavy atom. The van der Waals surface area contributed by atoms with Crippen LogP contribution in [0.3, 0.4) is 0 Å². The Hall–Kier alpha value is -2.71. The third-order valence-electron chi connectivity index (χ3n) is 5.56. The van der Waals surface area contributed by atoms with Crippen LogP contribution < -0.4 is 10.2 Å². The van der Waals surface area contributed by atoms with Crippen LogP contribution >= 0.6 is 11.3 Å². The van der Waals surface area contributed by atoms with Crippen LogP contribution in [0.2, 0.25) is 0 Å². The Morgan fingerprint density at radius 1 is 1.23 bits per heavy atom. The van der Waals surface area contributed by atoms with Crippen LogP contribution in [0.4, 0.5) is 10.8 Å². The first kappa shape index (κ1) is 21.5. The van der Waals surface area contributed by atoms with Gasteiger partial charge in [-0.3, -0.25) is 4.79 Å². The number of nitrogens with one attached hydrogen (secondary N) is 1. The summed E-state index contributed by atoms with van der Waals surface area (Å²) in [4.78, 5) is 19.7. The van der Waals surface area contributed by atoms with Crippen LogP contribution in [-0.2, 0) is 14.6 Å². The maximum absolute atomic E-state index is 12.7. The van der Waals surface area contributed by atoms with E-state index in [1.165, 1.54) is 17.6 Å². The van der Waals surface area contributed by atoms with Gasteiger partial charge in [-0.1, -0.05) is 24.3 Å². The molecule has 3 aromatic rings. The summed E-state index contributed by atoms with van der Waals surface area (Å²) in [6, 6.07) is 13.5.